The van der Waals surface area contributed by atoms with Crippen LogP contribution in [-0.4, -0.2) is 32.2 Å². The highest BCUT2D eigenvalue weighted by Crippen LogP contribution is 2.31. The third kappa shape index (κ3) is 3.73. The van der Waals surface area contributed by atoms with Crippen molar-refractivity contribution in [2.24, 2.45) is 7.05 Å². The van der Waals surface area contributed by atoms with Crippen LogP contribution in [0.4, 0.5) is 10.5 Å². The molecule has 0 saturated carbocycles. The first-order chi connectivity index (χ1) is 13.1. The summed E-state index contributed by atoms with van der Waals surface area (Å²) in [6.07, 6.45) is 4.91. The van der Waals surface area contributed by atoms with Crippen LogP contribution in [0.1, 0.15) is 36.7 Å². The number of anilines is 1. The lowest BCUT2D eigenvalue weighted by Gasteiger charge is -2.35. The minimum absolute atomic E-state index is 0.0617. The fourth-order valence-corrected chi connectivity index (χ4v) is 4.40. The predicted molar refractivity (Wildman–Crippen MR) is 108 cm³/mol. The highest BCUT2D eigenvalue weighted by Gasteiger charge is 2.29. The number of urea groups is 1. The van der Waals surface area contributed by atoms with Gasteiger partial charge in [-0.25, -0.2) is 9.78 Å². The Morgan fingerprint density at radius 3 is 2.93 bits per heavy atom. The van der Waals surface area contributed by atoms with E-state index in [0.717, 1.165) is 53.5 Å². The van der Waals surface area contributed by atoms with E-state index >= 15 is 0 Å². The Balaban J connectivity index is 1.53. The summed E-state index contributed by atoms with van der Waals surface area (Å²) in [5.41, 5.74) is 3.90. The molecule has 2 amide bonds. The molecule has 1 atom stereocenters. The van der Waals surface area contributed by atoms with E-state index in [9.17, 15) is 4.79 Å². The number of aromatic nitrogens is 3. The maximum atomic E-state index is 13.0. The van der Waals surface area contributed by atoms with Gasteiger partial charge in [-0.2, -0.15) is 5.10 Å². The van der Waals surface area contributed by atoms with Crippen molar-refractivity contribution in [1.29, 1.82) is 0 Å². The summed E-state index contributed by atoms with van der Waals surface area (Å²) in [6, 6.07) is 9.89. The van der Waals surface area contributed by atoms with Crippen molar-refractivity contribution in [2.75, 3.05) is 11.9 Å². The molecular formula is C20H23N5OS. The van der Waals surface area contributed by atoms with Crippen LogP contribution in [-0.2, 0) is 7.05 Å². The molecule has 3 aromatic rings. The highest BCUT2D eigenvalue weighted by molar-refractivity contribution is 7.13. The van der Waals surface area contributed by atoms with Crippen LogP contribution in [0.2, 0.25) is 0 Å². The lowest BCUT2D eigenvalue weighted by Crippen LogP contribution is -2.41. The molecule has 0 radical (unpaired) electrons. The zero-order chi connectivity index (χ0) is 18.8. The molecule has 1 aromatic carbocycles. The van der Waals surface area contributed by atoms with Gasteiger partial charge < -0.3 is 10.2 Å². The zero-order valence-electron chi connectivity index (χ0n) is 15.6. The van der Waals surface area contributed by atoms with Crippen molar-refractivity contribution >= 4 is 23.1 Å². The molecule has 0 aliphatic carbocycles. The Kier molecular flexibility index (Phi) is 4.94. The minimum atomic E-state index is -0.0617. The molecule has 27 heavy (non-hydrogen) atoms. The van der Waals surface area contributed by atoms with Crippen molar-refractivity contribution < 1.29 is 4.79 Å². The van der Waals surface area contributed by atoms with Crippen molar-refractivity contribution in [1.82, 2.24) is 19.7 Å². The Labute approximate surface area is 162 Å². The third-order valence-electron chi connectivity index (χ3n) is 4.94. The molecule has 1 N–H and O–H groups in total. The number of piperidine rings is 1. The lowest BCUT2D eigenvalue weighted by atomic mass is 9.99. The van der Waals surface area contributed by atoms with Crippen LogP contribution in [0.3, 0.4) is 0 Å². The number of likely N-dealkylation sites (tertiary alicyclic amines) is 1. The largest absolute Gasteiger partial charge is 0.322 e. The maximum absolute atomic E-state index is 13.0. The number of nitrogens with zero attached hydrogens (tertiary/aromatic N) is 4. The van der Waals surface area contributed by atoms with Crippen molar-refractivity contribution in [3.63, 3.8) is 0 Å². The first-order valence-corrected chi connectivity index (χ1v) is 10.1. The number of nitrogens with one attached hydrogen (secondary N) is 1. The number of thiazole rings is 1. The van der Waals surface area contributed by atoms with Crippen molar-refractivity contribution in [2.45, 2.75) is 32.2 Å². The second-order valence-corrected chi connectivity index (χ2v) is 7.75. The number of hydrogen-bond acceptors (Lipinski definition) is 4. The fourth-order valence-electron chi connectivity index (χ4n) is 3.60. The van der Waals surface area contributed by atoms with Crippen LogP contribution in [0, 0.1) is 6.92 Å². The summed E-state index contributed by atoms with van der Waals surface area (Å²) in [6.45, 7) is 2.74. The molecule has 6 nitrogen and oxygen atoms in total. The van der Waals surface area contributed by atoms with Crippen LogP contribution in [0.15, 0.2) is 41.9 Å². The van der Waals surface area contributed by atoms with E-state index in [2.05, 4.69) is 15.4 Å². The molecule has 0 spiro atoms. The Morgan fingerprint density at radius 2 is 2.19 bits per heavy atom. The van der Waals surface area contributed by atoms with E-state index in [1.54, 1.807) is 17.5 Å². The lowest BCUT2D eigenvalue weighted by molar-refractivity contribution is 0.159. The maximum Gasteiger partial charge on any atom is 0.322 e. The summed E-state index contributed by atoms with van der Waals surface area (Å²) >= 11 is 1.61. The van der Waals surface area contributed by atoms with E-state index < -0.39 is 0 Å². The molecule has 1 unspecified atom stereocenters. The van der Waals surface area contributed by atoms with E-state index in [0.29, 0.717) is 0 Å². The number of amides is 2. The molecule has 1 aliphatic heterocycles. The summed E-state index contributed by atoms with van der Waals surface area (Å²) in [5.74, 6) is 0. The van der Waals surface area contributed by atoms with Crippen LogP contribution < -0.4 is 5.32 Å². The van der Waals surface area contributed by atoms with Gasteiger partial charge in [0.05, 0.1) is 11.7 Å². The van der Waals surface area contributed by atoms with Gasteiger partial charge in [0.1, 0.15) is 5.01 Å². The van der Waals surface area contributed by atoms with Crippen LogP contribution in [0.5, 0.6) is 0 Å². The zero-order valence-corrected chi connectivity index (χ0v) is 16.4. The Morgan fingerprint density at radius 1 is 1.30 bits per heavy atom. The number of rotatable bonds is 3. The molecular weight excluding hydrogens is 358 g/mol. The molecule has 2 aromatic heterocycles. The minimum Gasteiger partial charge on any atom is -0.316 e. The number of hydrogen-bond donors (Lipinski definition) is 1. The summed E-state index contributed by atoms with van der Waals surface area (Å²) in [7, 11) is 1.93. The van der Waals surface area contributed by atoms with Gasteiger partial charge >= 0.3 is 6.03 Å². The first-order valence-electron chi connectivity index (χ1n) is 9.20. The quantitative estimate of drug-likeness (QED) is 0.720. The Bertz CT molecular complexity index is 947. The van der Waals surface area contributed by atoms with Gasteiger partial charge in [-0.05, 0) is 44.4 Å². The van der Waals surface area contributed by atoms with Crippen LogP contribution >= 0.6 is 11.3 Å². The van der Waals surface area contributed by atoms with E-state index in [1.165, 1.54) is 0 Å². The van der Waals surface area contributed by atoms with E-state index in [-0.39, 0.29) is 12.1 Å². The van der Waals surface area contributed by atoms with Gasteiger partial charge in [0, 0.05) is 42.1 Å². The molecule has 7 heteroatoms. The average molecular weight is 382 g/mol. The SMILES string of the molecule is Cc1csc(-c2cccc(NC(=O)N3CCCCC3c3ccnn3C)c2)n1. The summed E-state index contributed by atoms with van der Waals surface area (Å²) in [5, 5.41) is 10.3. The highest BCUT2D eigenvalue weighted by atomic mass is 32.1. The monoisotopic (exact) mass is 381 g/mol. The molecule has 0 bridgehead atoms. The Hall–Kier alpha value is -2.67. The number of benzene rings is 1. The molecule has 1 fully saturated rings. The third-order valence-corrected chi connectivity index (χ3v) is 5.95. The first kappa shape index (κ1) is 17.7. The molecule has 140 valence electrons. The topological polar surface area (TPSA) is 63.1 Å². The molecule has 1 aliphatic rings. The van der Waals surface area contributed by atoms with E-state index in [4.69, 9.17) is 0 Å². The smallest absolute Gasteiger partial charge is 0.316 e. The normalized spacial score (nSPS) is 17.1. The van der Waals surface area contributed by atoms with Gasteiger partial charge in [0.2, 0.25) is 0 Å². The molecule has 3 heterocycles. The second-order valence-electron chi connectivity index (χ2n) is 6.89. The van der Waals surface area contributed by atoms with Crippen molar-refractivity contribution in [3.8, 4) is 10.6 Å². The van der Waals surface area contributed by atoms with Crippen molar-refractivity contribution in [3.05, 3.63) is 53.3 Å². The van der Waals surface area contributed by atoms with Gasteiger partial charge in [0.15, 0.2) is 0 Å². The van der Waals surface area contributed by atoms with Gasteiger partial charge in [-0.3, -0.25) is 4.68 Å². The van der Waals surface area contributed by atoms with Gasteiger partial charge in [0.25, 0.3) is 0 Å². The standard InChI is InChI=1S/C20H23N5OS/c1-14-13-27-19(22-14)15-6-5-7-16(12-15)23-20(26)25-11-4-3-8-18(25)17-9-10-21-24(17)2/h5-7,9-10,12-13,18H,3-4,8,11H2,1-2H3,(H,23,26). The fraction of sp³-hybridized carbons (Fsp3) is 0.350. The van der Waals surface area contributed by atoms with E-state index in [1.807, 2.05) is 59.3 Å². The summed E-state index contributed by atoms with van der Waals surface area (Å²) < 4.78 is 1.86. The second kappa shape index (κ2) is 7.52. The van der Waals surface area contributed by atoms with Crippen LogP contribution in [0.25, 0.3) is 10.6 Å². The number of carbonyl (C=O) groups is 1. The molecule has 1 saturated heterocycles. The molecule has 4 rings (SSSR count). The average Bonchev–Trinajstić information content (AvgIpc) is 3.30. The van der Waals surface area contributed by atoms with Gasteiger partial charge in [-0.1, -0.05) is 12.1 Å². The summed E-state index contributed by atoms with van der Waals surface area (Å²) in [4.78, 5) is 19.5. The number of carbonyl (C=O) groups excluding carboxylic acids is 1. The number of aryl methyl sites for hydroxylation is 2. The van der Waals surface area contributed by atoms with Gasteiger partial charge in [-0.15, -0.1) is 11.3 Å². The predicted octanol–water partition coefficient (Wildman–Crippen LogP) is 4.61.